The van der Waals surface area contributed by atoms with Crippen molar-refractivity contribution in [1.82, 2.24) is 4.90 Å². The highest BCUT2D eigenvalue weighted by molar-refractivity contribution is 9.10. The molecule has 1 fully saturated rings. The van der Waals surface area contributed by atoms with Crippen molar-refractivity contribution in [3.05, 3.63) is 23.8 Å². The summed E-state index contributed by atoms with van der Waals surface area (Å²) >= 11 is 6.99. The van der Waals surface area contributed by atoms with Gasteiger partial charge in [-0.05, 0) is 25.7 Å². The first-order valence-corrected chi connectivity index (χ1v) is 8.86. The highest BCUT2D eigenvalue weighted by atomic mass is 79.9. The summed E-state index contributed by atoms with van der Waals surface area (Å²) in [5.41, 5.74) is 1.05. The minimum absolute atomic E-state index is 0.0347. The zero-order chi connectivity index (χ0) is 16.3. The molecule has 0 aromatic carbocycles. The highest BCUT2D eigenvalue weighted by Crippen LogP contribution is 2.34. The third-order valence-electron chi connectivity index (χ3n) is 4.12. The maximum atomic E-state index is 11.7. The Morgan fingerprint density at radius 1 is 1.55 bits per heavy atom. The lowest BCUT2D eigenvalue weighted by Crippen LogP contribution is -2.46. The van der Waals surface area contributed by atoms with Crippen LogP contribution in [0.5, 0.6) is 0 Å². The molecule has 122 valence electrons. The highest BCUT2D eigenvalue weighted by Gasteiger charge is 2.36. The Kier molecular flexibility index (Phi) is 5.71. The maximum Gasteiger partial charge on any atom is 0.407 e. The number of halogens is 2. The van der Waals surface area contributed by atoms with Crippen LogP contribution in [-0.2, 0) is 9.53 Å². The zero-order valence-corrected chi connectivity index (χ0v) is 15.5. The van der Waals surface area contributed by atoms with E-state index in [4.69, 9.17) is 4.74 Å². The molecule has 0 aromatic heterocycles. The number of piperidine rings is 1. The van der Waals surface area contributed by atoms with Gasteiger partial charge in [0.2, 0.25) is 0 Å². The van der Waals surface area contributed by atoms with Gasteiger partial charge in [0.05, 0.1) is 7.11 Å². The number of alkyl halides is 2. The third kappa shape index (κ3) is 3.93. The first-order chi connectivity index (χ1) is 10.4. The molecule has 2 aliphatic rings. The predicted octanol–water partition coefficient (Wildman–Crippen LogP) is 3.48. The molecule has 1 saturated heterocycles. The normalized spacial score (nSPS) is 31.6. The van der Waals surface area contributed by atoms with Crippen LogP contribution >= 0.6 is 31.9 Å². The molecule has 1 aliphatic carbocycles. The van der Waals surface area contributed by atoms with E-state index in [9.17, 15) is 14.7 Å². The lowest BCUT2D eigenvalue weighted by Gasteiger charge is -2.36. The molecule has 3 unspecified atom stereocenters. The fraction of sp³-hybridized carbons (Fsp3) is 0.600. The van der Waals surface area contributed by atoms with Crippen molar-refractivity contribution in [2.45, 2.75) is 40.9 Å². The van der Waals surface area contributed by atoms with E-state index in [1.165, 1.54) is 12.0 Å². The van der Waals surface area contributed by atoms with E-state index in [1.807, 2.05) is 12.2 Å². The van der Waals surface area contributed by atoms with E-state index >= 15 is 0 Å². The number of esters is 1. The maximum absolute atomic E-state index is 11.7. The van der Waals surface area contributed by atoms with Gasteiger partial charge in [0.1, 0.15) is 4.32 Å². The van der Waals surface area contributed by atoms with Crippen LogP contribution in [0, 0.1) is 0 Å². The Balaban J connectivity index is 2.03. The van der Waals surface area contributed by atoms with Gasteiger partial charge in [-0.25, -0.2) is 4.79 Å². The molecular formula is C15H19Br2NO4. The van der Waals surface area contributed by atoms with E-state index < -0.39 is 10.4 Å². The number of hydrogen-bond acceptors (Lipinski definition) is 3. The second kappa shape index (κ2) is 7.17. The molecule has 0 spiro atoms. The molecule has 22 heavy (non-hydrogen) atoms. The number of amides is 1. The molecule has 7 heteroatoms. The molecule has 0 saturated carbocycles. The number of carbonyl (C=O) groups excluding carboxylic acids is 1. The van der Waals surface area contributed by atoms with E-state index in [-0.39, 0.29) is 12.0 Å². The minimum Gasteiger partial charge on any atom is -0.468 e. The monoisotopic (exact) mass is 435 g/mol. The van der Waals surface area contributed by atoms with Crippen LogP contribution in [0.2, 0.25) is 0 Å². The largest absolute Gasteiger partial charge is 0.468 e. The number of methoxy groups -OCH3 is 1. The smallest absolute Gasteiger partial charge is 0.407 e. The summed E-state index contributed by atoms with van der Waals surface area (Å²) in [6, 6.07) is -0.0347. The van der Waals surface area contributed by atoms with Crippen LogP contribution in [-0.4, -0.2) is 50.9 Å². The summed E-state index contributed by atoms with van der Waals surface area (Å²) in [5.74, 6) is -0.329. The Labute approximate surface area is 146 Å². The van der Waals surface area contributed by atoms with Gasteiger partial charge in [0, 0.05) is 17.4 Å². The number of rotatable bonds is 3. The summed E-state index contributed by atoms with van der Waals surface area (Å²) in [7, 11) is 1.36. The summed E-state index contributed by atoms with van der Waals surface area (Å²) in [6.45, 7) is 0.553. The topological polar surface area (TPSA) is 66.8 Å². The summed E-state index contributed by atoms with van der Waals surface area (Å²) in [4.78, 5) is 24.9. The second-order valence-electron chi connectivity index (χ2n) is 5.63. The number of hydrogen-bond donors (Lipinski definition) is 1. The second-order valence-corrected chi connectivity index (χ2v) is 8.34. The van der Waals surface area contributed by atoms with E-state index in [2.05, 4.69) is 31.9 Å². The van der Waals surface area contributed by atoms with Gasteiger partial charge < -0.3 is 14.7 Å². The lowest BCUT2D eigenvalue weighted by atomic mass is 9.90. The van der Waals surface area contributed by atoms with Crippen LogP contribution in [0.3, 0.4) is 0 Å². The lowest BCUT2D eigenvalue weighted by molar-refractivity contribution is -0.141. The van der Waals surface area contributed by atoms with Crippen LogP contribution in [0.1, 0.15) is 25.7 Å². The Bertz CT molecular complexity index is 520. The number of ether oxygens (including phenoxy) is 1. The Morgan fingerprint density at radius 2 is 2.27 bits per heavy atom. The van der Waals surface area contributed by atoms with Crippen molar-refractivity contribution < 1.29 is 19.4 Å². The van der Waals surface area contributed by atoms with Crippen LogP contribution in [0.4, 0.5) is 4.79 Å². The molecule has 2 rings (SSSR count). The molecular weight excluding hydrogens is 418 g/mol. The molecule has 1 N–H and O–H groups in total. The number of carbonyl (C=O) groups is 2. The quantitative estimate of drug-likeness (QED) is 0.543. The van der Waals surface area contributed by atoms with Crippen molar-refractivity contribution in [2.75, 3.05) is 13.7 Å². The molecule has 0 radical (unpaired) electrons. The van der Waals surface area contributed by atoms with Gasteiger partial charge in [-0.3, -0.25) is 4.79 Å². The van der Waals surface area contributed by atoms with Gasteiger partial charge in [-0.15, -0.1) is 0 Å². The molecule has 1 amide bonds. The average molecular weight is 437 g/mol. The van der Waals surface area contributed by atoms with Crippen molar-refractivity contribution in [3.8, 4) is 0 Å². The number of allylic oxidation sites excluding steroid dienone is 2. The van der Waals surface area contributed by atoms with E-state index in [0.717, 1.165) is 18.4 Å². The first-order valence-electron chi connectivity index (χ1n) is 7.15. The average Bonchev–Trinajstić information content (AvgIpc) is 2.48. The molecule has 1 heterocycles. The molecule has 0 aromatic rings. The molecule has 5 nitrogen and oxygen atoms in total. The predicted molar refractivity (Wildman–Crippen MR) is 90.6 cm³/mol. The van der Waals surface area contributed by atoms with Crippen molar-refractivity contribution in [1.29, 1.82) is 0 Å². The number of carboxylic acid groups (broad SMARTS) is 1. The molecule has 3 atom stereocenters. The van der Waals surface area contributed by atoms with Crippen molar-refractivity contribution in [3.63, 3.8) is 0 Å². The number of nitrogens with zero attached hydrogens (tertiary/aromatic N) is 1. The fourth-order valence-electron chi connectivity index (χ4n) is 2.85. The van der Waals surface area contributed by atoms with E-state index in [1.54, 1.807) is 6.08 Å². The fourth-order valence-corrected chi connectivity index (χ4v) is 3.94. The first kappa shape index (κ1) is 17.5. The van der Waals surface area contributed by atoms with Gasteiger partial charge >= 0.3 is 12.1 Å². The summed E-state index contributed by atoms with van der Waals surface area (Å²) in [6.07, 6.45) is 7.58. The van der Waals surface area contributed by atoms with E-state index in [0.29, 0.717) is 24.2 Å². The van der Waals surface area contributed by atoms with Crippen LogP contribution < -0.4 is 0 Å². The van der Waals surface area contributed by atoms with Crippen LogP contribution in [0.15, 0.2) is 23.8 Å². The van der Waals surface area contributed by atoms with Gasteiger partial charge in [0.15, 0.2) is 0 Å². The molecule has 1 aliphatic heterocycles. The Morgan fingerprint density at radius 3 is 2.82 bits per heavy atom. The third-order valence-corrected chi connectivity index (χ3v) is 5.86. The SMILES string of the molecule is COC(=O)C1(Br)C=CC(CC2CC(Br)CCN2C(=O)O)=CC1. The van der Waals surface area contributed by atoms with Crippen molar-refractivity contribution in [2.24, 2.45) is 0 Å². The molecule has 0 bridgehead atoms. The number of likely N-dealkylation sites (tertiary alicyclic amines) is 1. The summed E-state index contributed by atoms with van der Waals surface area (Å²) in [5, 5.41) is 9.32. The van der Waals surface area contributed by atoms with Crippen LogP contribution in [0.25, 0.3) is 0 Å². The van der Waals surface area contributed by atoms with Crippen molar-refractivity contribution >= 4 is 43.9 Å². The minimum atomic E-state index is -0.866. The summed E-state index contributed by atoms with van der Waals surface area (Å²) < 4.78 is 3.98. The standard InChI is InChI=1S/C15H19Br2NO4/c1-22-13(19)15(17)5-2-10(3-6-15)8-12-9-11(16)4-7-18(12)14(20)21/h2-3,5,11-12H,4,6-9H2,1H3,(H,20,21). The Hall–Kier alpha value is -0.820. The van der Waals surface area contributed by atoms with Gasteiger partial charge in [-0.1, -0.05) is 55.7 Å². The van der Waals surface area contributed by atoms with Gasteiger partial charge in [0.25, 0.3) is 0 Å². The van der Waals surface area contributed by atoms with Gasteiger partial charge in [-0.2, -0.15) is 0 Å². The zero-order valence-electron chi connectivity index (χ0n) is 12.3.